The first-order valence-corrected chi connectivity index (χ1v) is 5.88. The highest BCUT2D eigenvalue weighted by Crippen LogP contribution is 2.29. The van der Waals surface area contributed by atoms with Crippen LogP contribution in [0.25, 0.3) is 0 Å². The third-order valence-electron chi connectivity index (χ3n) is 3.75. The fraction of sp³-hybridized carbons (Fsp3) is 0.538. The van der Waals surface area contributed by atoms with Crippen molar-refractivity contribution < 1.29 is 0 Å². The second-order valence-corrected chi connectivity index (χ2v) is 5.07. The van der Waals surface area contributed by atoms with E-state index < -0.39 is 0 Å². The molecule has 16 heavy (non-hydrogen) atoms. The molecule has 1 aliphatic rings. The maximum absolute atomic E-state index is 5.72. The number of nitrogens with one attached hydrogen (secondary N) is 1. The first-order valence-electron chi connectivity index (χ1n) is 5.88. The SMILES string of the molecule is CC1NCCN(c2ccc(N)cc2)C1(C)C. The molecule has 1 atom stereocenters. The minimum absolute atomic E-state index is 0.133. The van der Waals surface area contributed by atoms with Crippen LogP contribution in [0, 0.1) is 0 Å². The smallest absolute Gasteiger partial charge is 0.0496 e. The fourth-order valence-corrected chi connectivity index (χ4v) is 2.28. The Balaban J connectivity index is 2.28. The van der Waals surface area contributed by atoms with Gasteiger partial charge in [0.1, 0.15) is 0 Å². The Bertz CT molecular complexity index is 356. The molecule has 3 heteroatoms. The van der Waals surface area contributed by atoms with Crippen LogP contribution >= 0.6 is 0 Å². The summed E-state index contributed by atoms with van der Waals surface area (Å²) in [6.07, 6.45) is 0. The molecule has 3 nitrogen and oxygen atoms in total. The van der Waals surface area contributed by atoms with Gasteiger partial charge < -0.3 is 16.0 Å². The maximum atomic E-state index is 5.72. The summed E-state index contributed by atoms with van der Waals surface area (Å²) in [5.74, 6) is 0. The first-order chi connectivity index (χ1) is 7.51. The van der Waals surface area contributed by atoms with Crippen LogP contribution in [0.2, 0.25) is 0 Å². The van der Waals surface area contributed by atoms with E-state index >= 15 is 0 Å². The molecule has 0 spiro atoms. The number of rotatable bonds is 1. The van der Waals surface area contributed by atoms with Crippen molar-refractivity contribution in [2.75, 3.05) is 23.7 Å². The molecule has 0 saturated carbocycles. The number of nitrogens with zero attached hydrogens (tertiary/aromatic N) is 1. The van der Waals surface area contributed by atoms with Crippen LogP contribution < -0.4 is 16.0 Å². The van der Waals surface area contributed by atoms with Crippen molar-refractivity contribution in [2.45, 2.75) is 32.4 Å². The van der Waals surface area contributed by atoms with Crippen molar-refractivity contribution in [2.24, 2.45) is 0 Å². The summed E-state index contributed by atoms with van der Waals surface area (Å²) in [4.78, 5) is 2.45. The quantitative estimate of drug-likeness (QED) is 0.708. The number of anilines is 2. The molecule has 1 heterocycles. The third kappa shape index (κ3) is 1.87. The molecule has 1 aromatic rings. The minimum atomic E-state index is 0.133. The largest absolute Gasteiger partial charge is 0.399 e. The molecular weight excluding hydrogens is 198 g/mol. The standard InChI is InChI=1S/C13H21N3/c1-10-13(2,3)16(9-8-15-10)12-6-4-11(14)5-7-12/h4-7,10,15H,8-9,14H2,1-3H3. The zero-order valence-corrected chi connectivity index (χ0v) is 10.3. The van der Waals surface area contributed by atoms with E-state index in [1.54, 1.807) is 0 Å². The van der Waals surface area contributed by atoms with Gasteiger partial charge in [-0.2, -0.15) is 0 Å². The number of nitrogens with two attached hydrogens (primary N) is 1. The van der Waals surface area contributed by atoms with Crippen LogP contribution in [0.3, 0.4) is 0 Å². The molecule has 1 aromatic carbocycles. The van der Waals surface area contributed by atoms with Crippen LogP contribution in [0.15, 0.2) is 24.3 Å². The summed E-state index contributed by atoms with van der Waals surface area (Å²) in [6.45, 7) is 8.88. The van der Waals surface area contributed by atoms with Crippen molar-refractivity contribution in [3.63, 3.8) is 0 Å². The molecule has 1 unspecified atom stereocenters. The molecule has 2 rings (SSSR count). The fourth-order valence-electron chi connectivity index (χ4n) is 2.28. The highest BCUT2D eigenvalue weighted by molar-refractivity contribution is 5.55. The lowest BCUT2D eigenvalue weighted by Gasteiger charge is -2.48. The molecule has 0 amide bonds. The van der Waals surface area contributed by atoms with E-state index in [2.05, 4.69) is 43.1 Å². The zero-order chi connectivity index (χ0) is 11.8. The predicted molar refractivity (Wildman–Crippen MR) is 69.7 cm³/mol. The van der Waals surface area contributed by atoms with Gasteiger partial charge >= 0.3 is 0 Å². The Morgan fingerprint density at radius 2 is 1.94 bits per heavy atom. The van der Waals surface area contributed by atoms with Gasteiger partial charge in [0.15, 0.2) is 0 Å². The van der Waals surface area contributed by atoms with Crippen molar-refractivity contribution in [3.8, 4) is 0 Å². The number of nitrogen functional groups attached to an aromatic ring is 1. The first kappa shape index (κ1) is 11.3. The Hall–Kier alpha value is -1.22. The van der Waals surface area contributed by atoms with Gasteiger partial charge in [0.25, 0.3) is 0 Å². The predicted octanol–water partition coefficient (Wildman–Crippen LogP) is 1.85. The summed E-state index contributed by atoms with van der Waals surface area (Å²) in [6, 6.07) is 8.64. The van der Waals surface area contributed by atoms with E-state index in [1.807, 2.05) is 12.1 Å². The molecule has 88 valence electrons. The van der Waals surface area contributed by atoms with Crippen molar-refractivity contribution in [1.29, 1.82) is 0 Å². The third-order valence-corrected chi connectivity index (χ3v) is 3.75. The Kier molecular flexibility index (Phi) is 2.80. The Labute approximate surface area is 97.6 Å². The summed E-state index contributed by atoms with van der Waals surface area (Å²) >= 11 is 0. The van der Waals surface area contributed by atoms with Gasteiger partial charge in [-0.1, -0.05) is 0 Å². The normalized spacial score (nSPS) is 24.4. The number of hydrogen-bond acceptors (Lipinski definition) is 3. The zero-order valence-electron chi connectivity index (χ0n) is 10.3. The van der Waals surface area contributed by atoms with Gasteiger partial charge in [-0.05, 0) is 45.0 Å². The van der Waals surface area contributed by atoms with Gasteiger partial charge in [-0.15, -0.1) is 0 Å². The number of piperazine rings is 1. The van der Waals surface area contributed by atoms with E-state index in [-0.39, 0.29) is 5.54 Å². The van der Waals surface area contributed by atoms with E-state index in [4.69, 9.17) is 5.73 Å². The molecule has 1 aliphatic heterocycles. The van der Waals surface area contributed by atoms with E-state index in [9.17, 15) is 0 Å². The van der Waals surface area contributed by atoms with Gasteiger partial charge in [0, 0.05) is 36.0 Å². The molecule has 0 aliphatic carbocycles. The summed E-state index contributed by atoms with van der Waals surface area (Å²) < 4.78 is 0. The topological polar surface area (TPSA) is 41.3 Å². The summed E-state index contributed by atoms with van der Waals surface area (Å²) in [7, 11) is 0. The van der Waals surface area contributed by atoms with Gasteiger partial charge in [0.2, 0.25) is 0 Å². The van der Waals surface area contributed by atoms with Crippen LogP contribution in [0.1, 0.15) is 20.8 Å². The van der Waals surface area contributed by atoms with Gasteiger partial charge in [-0.3, -0.25) is 0 Å². The van der Waals surface area contributed by atoms with E-state index in [1.165, 1.54) is 5.69 Å². The summed E-state index contributed by atoms with van der Waals surface area (Å²) in [5.41, 5.74) is 7.93. The van der Waals surface area contributed by atoms with Crippen LogP contribution in [0.4, 0.5) is 11.4 Å². The van der Waals surface area contributed by atoms with Crippen molar-refractivity contribution in [3.05, 3.63) is 24.3 Å². The van der Waals surface area contributed by atoms with Crippen LogP contribution in [-0.4, -0.2) is 24.7 Å². The number of benzene rings is 1. The van der Waals surface area contributed by atoms with Crippen molar-refractivity contribution in [1.82, 2.24) is 5.32 Å². The molecule has 0 aromatic heterocycles. The molecule has 1 saturated heterocycles. The minimum Gasteiger partial charge on any atom is -0.399 e. The Morgan fingerprint density at radius 3 is 2.56 bits per heavy atom. The average Bonchev–Trinajstić information content (AvgIpc) is 2.24. The second kappa shape index (κ2) is 3.98. The molecule has 1 fully saturated rings. The summed E-state index contributed by atoms with van der Waals surface area (Å²) in [5, 5.41) is 3.52. The van der Waals surface area contributed by atoms with Crippen LogP contribution in [0.5, 0.6) is 0 Å². The Morgan fingerprint density at radius 1 is 1.31 bits per heavy atom. The lowest BCUT2D eigenvalue weighted by molar-refractivity contribution is 0.298. The number of hydrogen-bond donors (Lipinski definition) is 2. The molecule has 3 N–H and O–H groups in total. The van der Waals surface area contributed by atoms with Gasteiger partial charge in [-0.25, -0.2) is 0 Å². The molecule has 0 bridgehead atoms. The molecule has 0 radical (unpaired) electrons. The van der Waals surface area contributed by atoms with Crippen LogP contribution in [-0.2, 0) is 0 Å². The highest BCUT2D eigenvalue weighted by atomic mass is 15.3. The van der Waals surface area contributed by atoms with E-state index in [0.717, 1.165) is 18.8 Å². The highest BCUT2D eigenvalue weighted by Gasteiger charge is 2.35. The maximum Gasteiger partial charge on any atom is 0.0496 e. The molecular formula is C13H21N3. The lowest BCUT2D eigenvalue weighted by atomic mass is 9.90. The average molecular weight is 219 g/mol. The van der Waals surface area contributed by atoms with Gasteiger partial charge in [0.05, 0.1) is 0 Å². The van der Waals surface area contributed by atoms with E-state index in [0.29, 0.717) is 6.04 Å². The lowest BCUT2D eigenvalue weighted by Crippen LogP contribution is -2.63. The monoisotopic (exact) mass is 219 g/mol. The van der Waals surface area contributed by atoms with Crippen molar-refractivity contribution >= 4 is 11.4 Å². The second-order valence-electron chi connectivity index (χ2n) is 5.07.